The van der Waals surface area contributed by atoms with Crippen LogP contribution < -0.4 is 5.32 Å². The van der Waals surface area contributed by atoms with Crippen molar-refractivity contribution < 1.29 is 24.5 Å². The van der Waals surface area contributed by atoms with Crippen LogP contribution in [-0.4, -0.2) is 47.4 Å². The molecule has 6 heteroatoms. The van der Waals surface area contributed by atoms with Gasteiger partial charge in [0.2, 0.25) is 5.91 Å². The van der Waals surface area contributed by atoms with Gasteiger partial charge in [-0.3, -0.25) is 9.59 Å². The molecule has 0 aliphatic rings. The molecule has 0 rings (SSSR count). The van der Waals surface area contributed by atoms with Gasteiger partial charge in [-0.05, 0) is 51.4 Å². The minimum Gasteiger partial charge on any atom is -0.466 e. The van der Waals surface area contributed by atoms with Gasteiger partial charge in [-0.25, -0.2) is 0 Å². The van der Waals surface area contributed by atoms with E-state index < -0.39 is 12.1 Å². The van der Waals surface area contributed by atoms with Gasteiger partial charge in [0, 0.05) is 12.8 Å². The lowest BCUT2D eigenvalue weighted by Gasteiger charge is -2.20. The number of hydrogen-bond acceptors (Lipinski definition) is 5. The van der Waals surface area contributed by atoms with Crippen molar-refractivity contribution in [2.75, 3.05) is 13.2 Å². The van der Waals surface area contributed by atoms with E-state index in [0.717, 1.165) is 44.9 Å². The normalized spacial score (nSPS) is 12.6. The molecule has 0 aromatic heterocycles. The summed E-state index contributed by atoms with van der Waals surface area (Å²) in [6.45, 7) is 4.90. The Hall–Kier alpha value is -1.66. The number of unbranched alkanes of at least 4 members (excludes halogenated alkanes) is 51. The summed E-state index contributed by atoms with van der Waals surface area (Å²) in [6, 6.07) is -0.626. The predicted octanol–water partition coefficient (Wildman–Crippen LogP) is 21.8. The van der Waals surface area contributed by atoms with Gasteiger partial charge in [0.25, 0.3) is 0 Å². The van der Waals surface area contributed by atoms with E-state index in [2.05, 4.69) is 31.3 Å². The molecule has 75 heavy (non-hydrogen) atoms. The molecule has 0 saturated heterocycles. The SMILES string of the molecule is CCCC/C=C\CCCCCCCC(=O)OCCCCCCCCCCCCCCCCCCCCCCCCCCCCCC(=O)NC(CO)C(O)/C=C/CCCCCCCCCCCCCCCCCCCC. The zero-order valence-electron chi connectivity index (χ0n) is 50.8. The number of rotatable bonds is 64. The summed E-state index contributed by atoms with van der Waals surface area (Å²) in [4.78, 5) is 24.5. The average Bonchev–Trinajstić information content (AvgIpc) is 3.41. The first kappa shape index (κ1) is 73.3. The molecule has 0 heterocycles. The van der Waals surface area contributed by atoms with E-state index in [9.17, 15) is 19.8 Å². The average molecular weight is 1060 g/mol. The van der Waals surface area contributed by atoms with Gasteiger partial charge in [-0.15, -0.1) is 0 Å². The number of carbonyl (C=O) groups is 2. The van der Waals surface area contributed by atoms with Crippen molar-refractivity contribution in [2.24, 2.45) is 0 Å². The summed E-state index contributed by atoms with van der Waals surface area (Å²) >= 11 is 0. The van der Waals surface area contributed by atoms with Gasteiger partial charge in [0.1, 0.15) is 0 Å². The first-order valence-electron chi connectivity index (χ1n) is 34.1. The molecule has 3 N–H and O–H groups in total. The second kappa shape index (κ2) is 64.9. The Bertz CT molecular complexity index is 1170. The number of ether oxygens (including phenoxy) is 1. The topological polar surface area (TPSA) is 95.9 Å². The van der Waals surface area contributed by atoms with Gasteiger partial charge in [-0.2, -0.15) is 0 Å². The molecular weight excluding hydrogens is 923 g/mol. The molecule has 0 spiro atoms. The van der Waals surface area contributed by atoms with Crippen molar-refractivity contribution >= 4 is 11.9 Å². The zero-order chi connectivity index (χ0) is 54.3. The first-order valence-corrected chi connectivity index (χ1v) is 34.1. The van der Waals surface area contributed by atoms with Gasteiger partial charge >= 0.3 is 5.97 Å². The maximum Gasteiger partial charge on any atom is 0.305 e. The van der Waals surface area contributed by atoms with E-state index in [4.69, 9.17) is 4.74 Å². The summed E-state index contributed by atoms with van der Waals surface area (Å²) < 4.78 is 5.47. The van der Waals surface area contributed by atoms with E-state index in [0.29, 0.717) is 19.4 Å². The van der Waals surface area contributed by atoms with E-state index in [1.807, 2.05) is 6.08 Å². The van der Waals surface area contributed by atoms with Crippen LogP contribution in [0.15, 0.2) is 24.3 Å². The summed E-state index contributed by atoms with van der Waals surface area (Å²) in [7, 11) is 0. The number of aliphatic hydroxyl groups excluding tert-OH is 2. The van der Waals surface area contributed by atoms with Crippen LogP contribution in [0.3, 0.4) is 0 Å². The van der Waals surface area contributed by atoms with Gasteiger partial charge in [-0.1, -0.05) is 340 Å². The number of carbonyl (C=O) groups excluding carboxylic acids is 2. The van der Waals surface area contributed by atoms with Crippen molar-refractivity contribution in [3.8, 4) is 0 Å². The van der Waals surface area contributed by atoms with Crippen LogP contribution in [0, 0.1) is 0 Å². The van der Waals surface area contributed by atoms with Crippen molar-refractivity contribution in [3.05, 3.63) is 24.3 Å². The lowest BCUT2D eigenvalue weighted by molar-refractivity contribution is -0.143. The first-order chi connectivity index (χ1) is 37.0. The quantitative estimate of drug-likeness (QED) is 0.0320. The third-order valence-corrected chi connectivity index (χ3v) is 16.0. The maximum absolute atomic E-state index is 12.5. The fraction of sp³-hybridized carbons (Fsp3) is 0.913. The largest absolute Gasteiger partial charge is 0.466 e. The molecule has 1 amide bonds. The molecule has 0 saturated carbocycles. The molecule has 444 valence electrons. The van der Waals surface area contributed by atoms with Crippen LogP contribution in [0.5, 0.6) is 0 Å². The Kier molecular flexibility index (Phi) is 63.4. The number of amides is 1. The van der Waals surface area contributed by atoms with Crippen LogP contribution in [0.25, 0.3) is 0 Å². The smallest absolute Gasteiger partial charge is 0.305 e. The third-order valence-electron chi connectivity index (χ3n) is 16.0. The monoisotopic (exact) mass is 1060 g/mol. The van der Waals surface area contributed by atoms with Crippen molar-refractivity contribution in [3.63, 3.8) is 0 Å². The second-order valence-electron chi connectivity index (χ2n) is 23.5. The lowest BCUT2D eigenvalue weighted by Crippen LogP contribution is -2.45. The van der Waals surface area contributed by atoms with Gasteiger partial charge in [0.15, 0.2) is 0 Å². The van der Waals surface area contributed by atoms with Crippen LogP contribution >= 0.6 is 0 Å². The fourth-order valence-electron chi connectivity index (χ4n) is 10.7. The standard InChI is InChI=1S/C69H133NO5/c1-3-5-7-9-11-13-15-16-17-18-19-29-32-35-38-42-45-49-53-57-61-67(72)66(65-71)70-68(73)62-58-54-50-46-43-39-36-33-30-27-25-23-21-20-22-24-26-28-31-34-37-40-44-48-52-56-60-64-75-69(74)63-59-55-51-47-41-14-12-10-8-6-4-2/h10,12,57,61,66-67,71-72H,3-9,11,13-56,58-60,62-65H2,1-2H3,(H,70,73)/b12-10-,61-57+. The van der Waals surface area contributed by atoms with Crippen molar-refractivity contribution in [1.29, 1.82) is 0 Å². The summed E-state index contributed by atoms with van der Waals surface area (Å²) in [5.41, 5.74) is 0. The molecule has 0 aliphatic carbocycles. The highest BCUT2D eigenvalue weighted by molar-refractivity contribution is 5.76. The fourth-order valence-corrected chi connectivity index (χ4v) is 10.7. The van der Waals surface area contributed by atoms with E-state index in [-0.39, 0.29) is 18.5 Å². The maximum atomic E-state index is 12.5. The van der Waals surface area contributed by atoms with Crippen molar-refractivity contribution in [1.82, 2.24) is 5.32 Å². The van der Waals surface area contributed by atoms with Crippen LogP contribution in [0.1, 0.15) is 380 Å². The Morgan fingerprint density at radius 3 is 0.987 bits per heavy atom. The number of allylic oxidation sites excluding steroid dienone is 3. The molecule has 2 atom stereocenters. The number of esters is 1. The van der Waals surface area contributed by atoms with E-state index in [1.165, 1.54) is 308 Å². The Morgan fingerprint density at radius 2 is 0.640 bits per heavy atom. The number of aliphatic hydroxyl groups is 2. The Morgan fingerprint density at radius 1 is 0.360 bits per heavy atom. The highest BCUT2D eigenvalue weighted by Gasteiger charge is 2.18. The molecule has 0 aromatic rings. The molecular formula is C69H133NO5. The number of nitrogens with one attached hydrogen (secondary N) is 1. The lowest BCUT2D eigenvalue weighted by atomic mass is 10.0. The minimum atomic E-state index is -0.843. The second-order valence-corrected chi connectivity index (χ2v) is 23.5. The zero-order valence-corrected chi connectivity index (χ0v) is 50.8. The van der Waals surface area contributed by atoms with E-state index in [1.54, 1.807) is 6.08 Å². The molecule has 2 unspecified atom stereocenters. The molecule has 0 bridgehead atoms. The minimum absolute atomic E-state index is 0.00704. The van der Waals surface area contributed by atoms with Crippen molar-refractivity contribution in [2.45, 2.75) is 392 Å². The highest BCUT2D eigenvalue weighted by atomic mass is 16.5. The van der Waals surface area contributed by atoms with Crippen LogP contribution in [-0.2, 0) is 14.3 Å². The Labute approximate surface area is 469 Å². The summed E-state index contributed by atoms with van der Waals surface area (Å²) in [5.74, 6) is -0.0545. The predicted molar refractivity (Wildman–Crippen MR) is 329 cm³/mol. The summed E-state index contributed by atoms with van der Waals surface area (Å²) in [6.07, 6.45) is 81.1. The van der Waals surface area contributed by atoms with E-state index >= 15 is 0 Å². The van der Waals surface area contributed by atoms with Gasteiger partial charge < -0.3 is 20.3 Å². The number of hydrogen-bond donors (Lipinski definition) is 3. The highest BCUT2D eigenvalue weighted by Crippen LogP contribution is 2.19. The molecule has 6 nitrogen and oxygen atoms in total. The van der Waals surface area contributed by atoms with Crippen LogP contribution in [0.2, 0.25) is 0 Å². The molecule has 0 fully saturated rings. The summed E-state index contributed by atoms with van der Waals surface area (Å²) in [5, 5.41) is 23.2. The molecule has 0 aromatic carbocycles. The van der Waals surface area contributed by atoms with Crippen LogP contribution in [0.4, 0.5) is 0 Å². The molecule has 0 aliphatic heterocycles. The third kappa shape index (κ3) is 61.4. The Balaban J connectivity index is 3.38. The molecule has 0 radical (unpaired) electrons. The van der Waals surface area contributed by atoms with Gasteiger partial charge in [0.05, 0.1) is 25.4 Å².